The lowest BCUT2D eigenvalue weighted by Crippen LogP contribution is -2.20. The summed E-state index contributed by atoms with van der Waals surface area (Å²) in [6.45, 7) is 3.58. The van der Waals surface area contributed by atoms with Crippen molar-refractivity contribution in [3.8, 4) is 11.5 Å². The van der Waals surface area contributed by atoms with Gasteiger partial charge in [-0.15, -0.1) is 0 Å². The van der Waals surface area contributed by atoms with E-state index in [4.69, 9.17) is 14.2 Å². The first-order valence-electron chi connectivity index (χ1n) is 9.08. The van der Waals surface area contributed by atoms with Crippen LogP contribution >= 0.6 is 15.9 Å². The number of nitrogens with one attached hydrogen (secondary N) is 1. The van der Waals surface area contributed by atoms with Crippen LogP contribution in [0.4, 0.5) is 5.69 Å². The van der Waals surface area contributed by atoms with Crippen molar-refractivity contribution in [1.82, 2.24) is 0 Å². The van der Waals surface area contributed by atoms with Crippen LogP contribution in [0.15, 0.2) is 65.1 Å². The van der Waals surface area contributed by atoms with E-state index < -0.39 is 0 Å². The molecule has 3 aromatic carbocycles. The Morgan fingerprint density at radius 3 is 2.54 bits per heavy atom. The van der Waals surface area contributed by atoms with Gasteiger partial charge >= 0.3 is 0 Å². The Morgan fingerprint density at radius 1 is 0.964 bits per heavy atom. The largest absolute Gasteiger partial charge is 0.491 e. The number of ether oxygens (including phenoxy) is 3. The van der Waals surface area contributed by atoms with E-state index in [1.165, 1.54) is 0 Å². The molecule has 0 fully saturated rings. The van der Waals surface area contributed by atoms with Crippen LogP contribution in [-0.4, -0.2) is 32.3 Å². The smallest absolute Gasteiger partial charge is 0.262 e. The van der Waals surface area contributed by atoms with E-state index in [9.17, 15) is 4.79 Å². The molecular formula is C22H22BrNO4. The Morgan fingerprint density at radius 2 is 1.75 bits per heavy atom. The van der Waals surface area contributed by atoms with Gasteiger partial charge in [0.15, 0.2) is 6.61 Å². The second-order valence-electron chi connectivity index (χ2n) is 6.01. The molecule has 28 heavy (non-hydrogen) atoms. The predicted octanol–water partition coefficient (Wildman–Crippen LogP) is 5.04. The van der Waals surface area contributed by atoms with E-state index in [2.05, 4.69) is 21.2 Å². The number of fused-ring (bicyclic) bond motifs is 1. The topological polar surface area (TPSA) is 56.8 Å². The minimum absolute atomic E-state index is 0.0798. The van der Waals surface area contributed by atoms with Gasteiger partial charge in [0.05, 0.1) is 11.1 Å². The number of rotatable bonds is 9. The third-order valence-electron chi connectivity index (χ3n) is 4.03. The molecule has 3 aromatic rings. The molecule has 0 spiro atoms. The quantitative estimate of drug-likeness (QED) is 0.470. The van der Waals surface area contributed by atoms with Gasteiger partial charge in [-0.3, -0.25) is 4.79 Å². The average Bonchev–Trinajstić information content (AvgIpc) is 2.72. The van der Waals surface area contributed by atoms with E-state index in [0.717, 1.165) is 21.0 Å². The van der Waals surface area contributed by atoms with Gasteiger partial charge in [0.25, 0.3) is 5.91 Å². The highest BCUT2D eigenvalue weighted by Crippen LogP contribution is 2.33. The van der Waals surface area contributed by atoms with Gasteiger partial charge in [-0.2, -0.15) is 0 Å². The van der Waals surface area contributed by atoms with Crippen LogP contribution in [0.2, 0.25) is 0 Å². The molecule has 0 aliphatic rings. The second-order valence-corrected chi connectivity index (χ2v) is 6.80. The summed E-state index contributed by atoms with van der Waals surface area (Å²) in [6, 6.07) is 19.0. The van der Waals surface area contributed by atoms with Crippen molar-refractivity contribution < 1.29 is 19.0 Å². The first-order chi connectivity index (χ1) is 13.7. The van der Waals surface area contributed by atoms with Crippen LogP contribution in [0.5, 0.6) is 11.5 Å². The van der Waals surface area contributed by atoms with Crippen molar-refractivity contribution >= 4 is 38.3 Å². The number of amides is 1. The summed E-state index contributed by atoms with van der Waals surface area (Å²) < 4.78 is 17.3. The Bertz CT molecular complexity index is 927. The van der Waals surface area contributed by atoms with Crippen LogP contribution in [0.1, 0.15) is 6.92 Å². The van der Waals surface area contributed by atoms with Crippen LogP contribution in [0.25, 0.3) is 10.8 Å². The number of benzene rings is 3. The molecule has 0 bridgehead atoms. The monoisotopic (exact) mass is 443 g/mol. The molecule has 6 heteroatoms. The zero-order valence-corrected chi connectivity index (χ0v) is 17.2. The first kappa shape index (κ1) is 20.2. The molecular weight excluding hydrogens is 422 g/mol. The normalized spacial score (nSPS) is 10.6. The molecule has 0 aromatic heterocycles. The molecule has 0 unspecified atom stereocenters. The molecule has 1 amide bonds. The Labute approximate surface area is 172 Å². The van der Waals surface area contributed by atoms with E-state index >= 15 is 0 Å². The fourth-order valence-corrected chi connectivity index (χ4v) is 3.27. The lowest BCUT2D eigenvalue weighted by atomic mass is 10.1. The number of anilines is 1. The van der Waals surface area contributed by atoms with Gasteiger partial charge < -0.3 is 19.5 Å². The third-order valence-corrected chi connectivity index (χ3v) is 4.84. The van der Waals surface area contributed by atoms with Crippen molar-refractivity contribution in [3.63, 3.8) is 0 Å². The van der Waals surface area contributed by atoms with Crippen molar-refractivity contribution in [2.24, 2.45) is 0 Å². The average molecular weight is 444 g/mol. The van der Waals surface area contributed by atoms with Crippen molar-refractivity contribution in [1.29, 1.82) is 0 Å². The molecule has 0 heterocycles. The molecule has 0 radical (unpaired) electrons. The summed E-state index contributed by atoms with van der Waals surface area (Å²) in [5.74, 6) is 1.13. The van der Waals surface area contributed by atoms with Gasteiger partial charge in [0.1, 0.15) is 18.1 Å². The molecule has 3 rings (SSSR count). The maximum absolute atomic E-state index is 12.2. The molecule has 146 valence electrons. The highest BCUT2D eigenvalue weighted by Gasteiger charge is 2.09. The fourth-order valence-electron chi connectivity index (χ4n) is 2.66. The number of hydrogen-bond acceptors (Lipinski definition) is 4. The van der Waals surface area contributed by atoms with Crippen molar-refractivity contribution in [3.05, 3.63) is 65.1 Å². The molecule has 0 saturated carbocycles. The highest BCUT2D eigenvalue weighted by atomic mass is 79.9. The Hall–Kier alpha value is -2.57. The molecule has 5 nitrogen and oxygen atoms in total. The number of carbonyl (C=O) groups excluding carboxylic acids is 1. The lowest BCUT2D eigenvalue weighted by molar-refractivity contribution is -0.118. The van der Waals surface area contributed by atoms with Crippen LogP contribution in [-0.2, 0) is 9.53 Å². The summed E-state index contributed by atoms with van der Waals surface area (Å²) in [7, 11) is 0. The SMILES string of the molecule is CCOCCOc1ccc(NC(=O)COc2ccc3ccccc3c2Br)cc1. The summed E-state index contributed by atoms with van der Waals surface area (Å²) in [5.41, 5.74) is 0.684. The fraction of sp³-hybridized carbons (Fsp3) is 0.227. The minimum atomic E-state index is -0.231. The van der Waals surface area contributed by atoms with Gasteiger partial charge in [-0.05, 0) is 64.0 Å². The second kappa shape index (κ2) is 10.1. The number of carbonyl (C=O) groups is 1. The van der Waals surface area contributed by atoms with E-state index in [-0.39, 0.29) is 12.5 Å². The Kier molecular flexibility index (Phi) is 7.28. The summed E-state index contributed by atoms with van der Waals surface area (Å²) in [5, 5.41) is 4.96. The summed E-state index contributed by atoms with van der Waals surface area (Å²) >= 11 is 3.56. The van der Waals surface area contributed by atoms with Crippen molar-refractivity contribution in [2.75, 3.05) is 31.7 Å². The van der Waals surface area contributed by atoms with E-state index in [1.54, 1.807) is 12.1 Å². The van der Waals surface area contributed by atoms with Crippen LogP contribution in [0, 0.1) is 0 Å². The van der Waals surface area contributed by atoms with Crippen LogP contribution in [0.3, 0.4) is 0 Å². The molecule has 1 N–H and O–H groups in total. The van der Waals surface area contributed by atoms with E-state index in [1.807, 2.05) is 55.5 Å². The standard InChI is InChI=1S/C22H22BrNO4/c1-2-26-13-14-27-18-10-8-17(9-11-18)24-21(25)15-28-20-12-7-16-5-3-4-6-19(16)22(20)23/h3-12H,2,13-15H2,1H3,(H,24,25). The number of hydrogen-bond donors (Lipinski definition) is 1. The lowest BCUT2D eigenvalue weighted by Gasteiger charge is -2.11. The van der Waals surface area contributed by atoms with Crippen molar-refractivity contribution in [2.45, 2.75) is 6.92 Å². The maximum Gasteiger partial charge on any atom is 0.262 e. The molecule has 0 atom stereocenters. The van der Waals surface area contributed by atoms with Crippen LogP contribution < -0.4 is 14.8 Å². The summed E-state index contributed by atoms with van der Waals surface area (Å²) in [4.78, 5) is 12.2. The Balaban J connectivity index is 1.51. The van der Waals surface area contributed by atoms with Gasteiger partial charge in [-0.25, -0.2) is 0 Å². The predicted molar refractivity (Wildman–Crippen MR) is 114 cm³/mol. The highest BCUT2D eigenvalue weighted by molar-refractivity contribution is 9.10. The zero-order chi connectivity index (χ0) is 19.8. The number of halogens is 1. The first-order valence-corrected chi connectivity index (χ1v) is 9.87. The minimum Gasteiger partial charge on any atom is -0.491 e. The molecule has 0 saturated heterocycles. The molecule has 0 aliphatic heterocycles. The summed E-state index contributed by atoms with van der Waals surface area (Å²) in [6.07, 6.45) is 0. The van der Waals surface area contributed by atoms with E-state index in [0.29, 0.717) is 31.3 Å². The maximum atomic E-state index is 12.2. The third kappa shape index (κ3) is 5.47. The van der Waals surface area contributed by atoms with Gasteiger partial charge in [0.2, 0.25) is 0 Å². The molecule has 0 aliphatic carbocycles. The zero-order valence-electron chi connectivity index (χ0n) is 15.6. The van der Waals surface area contributed by atoms with Gasteiger partial charge in [0, 0.05) is 12.3 Å². The van der Waals surface area contributed by atoms with Gasteiger partial charge in [-0.1, -0.05) is 30.3 Å².